The fourth-order valence-electron chi connectivity index (χ4n) is 3.81. The van der Waals surface area contributed by atoms with E-state index in [-0.39, 0.29) is 24.7 Å². The van der Waals surface area contributed by atoms with Gasteiger partial charge >= 0.3 is 35.7 Å². The molecule has 1 heterocycles. The zero-order valence-corrected chi connectivity index (χ0v) is 22.0. The molecule has 0 saturated carbocycles. The molecule has 1 aliphatic rings. The fourth-order valence-corrected chi connectivity index (χ4v) is 14.9. The quantitative estimate of drug-likeness (QED) is 0.305. The molecule has 0 spiro atoms. The minimum Gasteiger partial charge on any atom is -0.427 e. The van der Waals surface area contributed by atoms with Gasteiger partial charge in [-0.2, -0.15) is 5.57 Å². The molecule has 0 unspecified atom stereocenters. The van der Waals surface area contributed by atoms with Crippen molar-refractivity contribution in [3.05, 3.63) is 30.1 Å². The number of hydrogen-bond acceptors (Lipinski definition) is 3. The molecule has 1 saturated heterocycles. The second-order valence-corrected chi connectivity index (χ2v) is 17.1. The molecule has 0 amide bonds. The van der Waals surface area contributed by atoms with Crippen LogP contribution in [0.1, 0.15) is 62.3 Å². The Bertz CT molecular complexity index is 501. The molecule has 7 heteroatoms. The van der Waals surface area contributed by atoms with E-state index >= 15 is 0 Å². The van der Waals surface area contributed by atoms with Crippen molar-refractivity contribution in [1.29, 1.82) is 0 Å². The van der Waals surface area contributed by atoms with Gasteiger partial charge in [0.1, 0.15) is 0 Å². The maximum Gasteiger partial charge on any atom is 2.00 e. The van der Waals surface area contributed by atoms with Gasteiger partial charge in [-0.3, -0.25) is 12.7 Å². The van der Waals surface area contributed by atoms with E-state index in [1.54, 1.807) is 6.32 Å². The molecule has 0 N–H and O–H groups in total. The van der Waals surface area contributed by atoms with Gasteiger partial charge in [0.25, 0.3) is 0 Å². The number of hydrogen-bond donors (Lipinski definition) is 0. The molecular weight excluding hydrogens is 406 g/mol. The van der Waals surface area contributed by atoms with Crippen molar-refractivity contribution in [2.45, 2.75) is 90.6 Å². The summed E-state index contributed by atoms with van der Waals surface area (Å²) < 4.78 is 20.5. The standard InChI is InChI=1S/C20H37BO3Si2.V/c1-10-11-19(14-21)20-12-13-22-25(15(2)3,16(4)5)24-26(23-20,17(6)7)18(8)9;/h10,12,14-18,20H,13H2,1-9H3;/q-2;+2/t11?,20-;/m1./s1. The predicted octanol–water partition coefficient (Wildman–Crippen LogP) is 5.58. The van der Waals surface area contributed by atoms with Crippen LogP contribution in [0.4, 0.5) is 0 Å². The van der Waals surface area contributed by atoms with Crippen LogP contribution in [-0.2, 0) is 31.5 Å². The predicted molar refractivity (Wildman–Crippen MR) is 115 cm³/mol. The first kappa shape index (κ1) is 27.4. The Morgan fingerprint density at radius 2 is 1.52 bits per heavy atom. The maximum absolute atomic E-state index is 7.12. The third-order valence-electron chi connectivity index (χ3n) is 5.27. The fraction of sp³-hybridized carbons (Fsp3) is 0.750. The third kappa shape index (κ3) is 5.93. The average molecular weight is 443 g/mol. The van der Waals surface area contributed by atoms with Gasteiger partial charge < -0.3 is 18.7 Å². The molecule has 1 aliphatic heterocycles. The van der Waals surface area contributed by atoms with Gasteiger partial charge in [0.05, 0.1) is 0 Å². The van der Waals surface area contributed by atoms with Crippen LogP contribution in [0.5, 0.6) is 0 Å². The molecule has 1 rings (SSSR count). The summed E-state index contributed by atoms with van der Waals surface area (Å²) in [6, 6.07) is 0. The van der Waals surface area contributed by atoms with E-state index in [0.29, 0.717) is 28.8 Å². The average Bonchev–Trinajstić information content (AvgIpc) is 2.52. The van der Waals surface area contributed by atoms with E-state index in [2.05, 4.69) is 67.5 Å². The largest absolute Gasteiger partial charge is 2.00 e. The zero-order chi connectivity index (χ0) is 20.1. The first-order chi connectivity index (χ1) is 12.1. The van der Waals surface area contributed by atoms with Gasteiger partial charge in [0.15, 0.2) is 0 Å². The molecule has 3 nitrogen and oxygen atoms in total. The SMILES string of the molecule is [B][CH-]C(=C=CC)[C@H]1[CH-]CO[Si](C(C)C)(C(C)C)O[Si](C(C)C)(C(C)C)O1.[V+2]. The van der Waals surface area contributed by atoms with Gasteiger partial charge in [-0.1, -0.05) is 75.0 Å². The Kier molecular flexibility index (Phi) is 11.7. The van der Waals surface area contributed by atoms with Crippen molar-refractivity contribution < 1.29 is 31.5 Å². The minimum atomic E-state index is -2.60. The Hall–Kier alpha value is 0.353. The molecular formula is C20H37BO3Si2V. The first-order valence-electron chi connectivity index (χ1n) is 9.88. The van der Waals surface area contributed by atoms with Crippen LogP contribution in [0.25, 0.3) is 0 Å². The summed E-state index contributed by atoms with van der Waals surface area (Å²) in [7, 11) is 0.824. The van der Waals surface area contributed by atoms with Gasteiger partial charge in [0.2, 0.25) is 0 Å². The molecule has 0 aromatic rings. The van der Waals surface area contributed by atoms with Gasteiger partial charge in [-0.15, -0.1) is 6.08 Å². The van der Waals surface area contributed by atoms with Gasteiger partial charge in [-0.05, 0) is 30.0 Å². The van der Waals surface area contributed by atoms with Crippen molar-refractivity contribution in [3.63, 3.8) is 0 Å². The number of rotatable bonds is 6. The van der Waals surface area contributed by atoms with E-state index in [9.17, 15) is 0 Å². The molecule has 0 aromatic heterocycles. The Labute approximate surface area is 183 Å². The van der Waals surface area contributed by atoms with Crippen LogP contribution < -0.4 is 0 Å². The van der Waals surface area contributed by atoms with E-state index in [4.69, 9.17) is 20.8 Å². The minimum absolute atomic E-state index is 0. The smallest absolute Gasteiger partial charge is 0.427 e. The van der Waals surface area contributed by atoms with Crippen LogP contribution in [0.3, 0.4) is 0 Å². The van der Waals surface area contributed by atoms with Crippen LogP contribution in [0.2, 0.25) is 22.2 Å². The summed E-state index contributed by atoms with van der Waals surface area (Å²) in [5.41, 5.74) is 5.35. The molecule has 3 radical (unpaired) electrons. The summed E-state index contributed by atoms with van der Waals surface area (Å²) in [6.45, 7) is 20.2. The Morgan fingerprint density at radius 3 is 1.89 bits per heavy atom. The summed E-state index contributed by atoms with van der Waals surface area (Å²) in [4.78, 5) is 0. The molecule has 0 aliphatic carbocycles. The summed E-state index contributed by atoms with van der Waals surface area (Å²) in [6.07, 6.45) is 5.29. The topological polar surface area (TPSA) is 27.7 Å². The summed E-state index contributed by atoms with van der Waals surface area (Å²) in [5.74, 6) is 0. The maximum atomic E-state index is 7.12. The van der Waals surface area contributed by atoms with E-state index in [0.717, 1.165) is 5.57 Å². The Balaban J connectivity index is 0.00000676. The van der Waals surface area contributed by atoms with E-state index in [1.165, 1.54) is 0 Å². The van der Waals surface area contributed by atoms with Crippen molar-refractivity contribution in [2.75, 3.05) is 6.61 Å². The molecule has 151 valence electrons. The summed E-state index contributed by atoms with van der Waals surface area (Å²) >= 11 is 0. The normalized spacial score (nSPS) is 22.0. The van der Waals surface area contributed by atoms with Crippen molar-refractivity contribution in [1.82, 2.24) is 0 Å². The van der Waals surface area contributed by atoms with Crippen molar-refractivity contribution >= 4 is 25.0 Å². The second kappa shape index (κ2) is 11.5. The first-order valence-corrected chi connectivity index (χ1v) is 13.8. The van der Waals surface area contributed by atoms with Crippen molar-refractivity contribution in [3.8, 4) is 0 Å². The second-order valence-electron chi connectivity index (χ2n) is 8.30. The summed E-state index contributed by atoms with van der Waals surface area (Å²) in [5, 5.41) is 0. The molecule has 27 heavy (non-hydrogen) atoms. The van der Waals surface area contributed by atoms with Gasteiger partial charge in [0, 0.05) is 0 Å². The van der Waals surface area contributed by atoms with Crippen LogP contribution in [0, 0.1) is 12.7 Å². The van der Waals surface area contributed by atoms with Gasteiger partial charge in [-0.25, -0.2) is 0 Å². The van der Waals surface area contributed by atoms with Crippen LogP contribution >= 0.6 is 0 Å². The van der Waals surface area contributed by atoms with Crippen LogP contribution in [0.15, 0.2) is 17.4 Å². The zero-order valence-electron chi connectivity index (χ0n) is 18.6. The molecule has 1 atom stereocenters. The molecule has 1 fully saturated rings. The third-order valence-corrected chi connectivity index (χ3v) is 15.5. The van der Waals surface area contributed by atoms with Crippen LogP contribution in [-0.4, -0.2) is 37.7 Å². The Morgan fingerprint density at radius 1 is 1.04 bits per heavy atom. The van der Waals surface area contributed by atoms with E-state index < -0.39 is 17.1 Å². The molecule has 0 bridgehead atoms. The monoisotopic (exact) mass is 443 g/mol. The van der Waals surface area contributed by atoms with E-state index in [1.807, 2.05) is 13.0 Å². The van der Waals surface area contributed by atoms with Crippen molar-refractivity contribution in [2.24, 2.45) is 0 Å². The molecule has 0 aromatic carbocycles.